The van der Waals surface area contributed by atoms with Crippen molar-refractivity contribution in [1.82, 2.24) is 15.3 Å². The van der Waals surface area contributed by atoms with Gasteiger partial charge in [-0.3, -0.25) is 9.97 Å². The van der Waals surface area contributed by atoms with E-state index >= 15 is 0 Å². The van der Waals surface area contributed by atoms with Gasteiger partial charge in [0.25, 0.3) is 0 Å². The third-order valence-corrected chi connectivity index (χ3v) is 3.90. The van der Waals surface area contributed by atoms with Crippen LogP contribution in [0.1, 0.15) is 29.4 Å². The van der Waals surface area contributed by atoms with Crippen molar-refractivity contribution < 1.29 is 0 Å². The van der Waals surface area contributed by atoms with Crippen LogP contribution < -0.4 is 5.32 Å². The molecule has 0 spiro atoms. The monoisotopic (exact) mass is 247 g/mol. The van der Waals surface area contributed by atoms with Gasteiger partial charge < -0.3 is 5.32 Å². The van der Waals surface area contributed by atoms with Crippen molar-refractivity contribution >= 4 is 23.4 Å². The SMILES string of the molecule is Cl.c1cnc2cc3c(cc2n1)C1CNCC3C1. The number of benzene rings is 1. The molecule has 2 aromatic rings. The van der Waals surface area contributed by atoms with Gasteiger partial charge in [0.05, 0.1) is 11.0 Å². The van der Waals surface area contributed by atoms with Crippen LogP contribution in [0.5, 0.6) is 0 Å². The predicted molar refractivity (Wildman–Crippen MR) is 69.8 cm³/mol. The number of nitrogens with one attached hydrogen (secondary N) is 1. The Balaban J connectivity index is 0.000000902. The minimum Gasteiger partial charge on any atom is -0.316 e. The van der Waals surface area contributed by atoms with Gasteiger partial charge in [-0.2, -0.15) is 0 Å². The van der Waals surface area contributed by atoms with Crippen molar-refractivity contribution in [1.29, 1.82) is 0 Å². The van der Waals surface area contributed by atoms with Gasteiger partial charge in [0.1, 0.15) is 0 Å². The van der Waals surface area contributed by atoms with Crippen LogP contribution in [0, 0.1) is 0 Å². The summed E-state index contributed by atoms with van der Waals surface area (Å²) in [5, 5.41) is 3.51. The maximum atomic E-state index is 4.39. The summed E-state index contributed by atoms with van der Waals surface area (Å²) < 4.78 is 0. The molecule has 0 saturated carbocycles. The molecule has 4 heteroatoms. The molecule has 2 atom stereocenters. The first-order chi connectivity index (χ1) is 7.92. The first kappa shape index (κ1) is 10.9. The Morgan fingerprint density at radius 2 is 1.47 bits per heavy atom. The van der Waals surface area contributed by atoms with E-state index < -0.39 is 0 Å². The van der Waals surface area contributed by atoms with Crippen LogP contribution in [0.3, 0.4) is 0 Å². The van der Waals surface area contributed by atoms with Crippen molar-refractivity contribution in [2.45, 2.75) is 18.3 Å². The van der Waals surface area contributed by atoms with Gasteiger partial charge in [-0.05, 0) is 41.5 Å². The molecule has 1 N–H and O–H groups in total. The van der Waals surface area contributed by atoms with Gasteiger partial charge in [0.15, 0.2) is 0 Å². The van der Waals surface area contributed by atoms with Gasteiger partial charge in [-0.15, -0.1) is 12.4 Å². The van der Waals surface area contributed by atoms with Crippen molar-refractivity contribution in [3.05, 3.63) is 35.7 Å². The first-order valence-corrected chi connectivity index (χ1v) is 5.87. The average molecular weight is 248 g/mol. The first-order valence-electron chi connectivity index (χ1n) is 5.87. The summed E-state index contributed by atoms with van der Waals surface area (Å²) in [6.45, 7) is 2.24. The molecule has 2 bridgehead atoms. The van der Waals surface area contributed by atoms with Crippen molar-refractivity contribution in [3.8, 4) is 0 Å². The van der Waals surface area contributed by atoms with E-state index in [2.05, 4.69) is 27.4 Å². The molecule has 1 saturated heterocycles. The molecule has 0 radical (unpaired) electrons. The third kappa shape index (κ3) is 1.53. The normalized spacial score (nSPS) is 25.4. The number of fused-ring (bicyclic) bond motifs is 6. The molecule has 1 aromatic heterocycles. The zero-order chi connectivity index (χ0) is 10.5. The molecule has 0 amide bonds. The van der Waals surface area contributed by atoms with Gasteiger partial charge in [0, 0.05) is 25.5 Å². The average Bonchev–Trinajstić information content (AvgIpc) is 2.59. The maximum absolute atomic E-state index is 4.39. The summed E-state index contributed by atoms with van der Waals surface area (Å²) in [6.07, 6.45) is 4.85. The number of hydrogen-bond donors (Lipinski definition) is 1. The van der Waals surface area contributed by atoms with Crippen LogP contribution in [0.4, 0.5) is 0 Å². The van der Waals surface area contributed by atoms with E-state index in [1.807, 2.05) is 0 Å². The van der Waals surface area contributed by atoms with Gasteiger partial charge in [-0.25, -0.2) is 0 Å². The van der Waals surface area contributed by atoms with Crippen LogP contribution in [0.2, 0.25) is 0 Å². The predicted octanol–water partition coefficient (Wildman–Crippen LogP) is 2.23. The van der Waals surface area contributed by atoms with E-state index in [0.29, 0.717) is 11.8 Å². The van der Waals surface area contributed by atoms with E-state index in [4.69, 9.17) is 0 Å². The topological polar surface area (TPSA) is 37.8 Å². The second-order valence-corrected chi connectivity index (χ2v) is 4.81. The number of rotatable bonds is 0. The lowest BCUT2D eigenvalue weighted by Crippen LogP contribution is -2.28. The van der Waals surface area contributed by atoms with Crippen molar-refractivity contribution in [2.75, 3.05) is 13.1 Å². The van der Waals surface area contributed by atoms with E-state index in [1.54, 1.807) is 12.4 Å². The summed E-state index contributed by atoms with van der Waals surface area (Å²) in [5.41, 5.74) is 5.08. The zero-order valence-corrected chi connectivity index (χ0v) is 10.2. The number of piperidine rings is 1. The van der Waals surface area contributed by atoms with Gasteiger partial charge in [0.2, 0.25) is 0 Å². The lowest BCUT2D eigenvalue weighted by Gasteiger charge is -2.19. The minimum absolute atomic E-state index is 0. The molecule has 1 aliphatic carbocycles. The molecule has 1 aromatic carbocycles. The fourth-order valence-corrected chi connectivity index (χ4v) is 3.17. The molecule has 88 valence electrons. The lowest BCUT2D eigenvalue weighted by atomic mass is 9.98. The van der Waals surface area contributed by atoms with Crippen LogP contribution >= 0.6 is 12.4 Å². The van der Waals surface area contributed by atoms with E-state index in [1.165, 1.54) is 17.5 Å². The molecule has 2 heterocycles. The Bertz CT molecular complexity index is 521. The highest BCUT2D eigenvalue weighted by atomic mass is 35.5. The second-order valence-electron chi connectivity index (χ2n) is 4.81. The van der Waals surface area contributed by atoms with Crippen LogP contribution in [-0.4, -0.2) is 23.1 Å². The number of aromatic nitrogens is 2. The fourth-order valence-electron chi connectivity index (χ4n) is 3.17. The number of nitrogens with zero attached hydrogens (tertiary/aromatic N) is 2. The molecule has 1 aliphatic heterocycles. The van der Waals surface area contributed by atoms with E-state index in [0.717, 1.165) is 24.1 Å². The smallest absolute Gasteiger partial charge is 0.0889 e. The Morgan fingerprint density at radius 3 is 2.00 bits per heavy atom. The molecule has 1 fully saturated rings. The Labute approximate surface area is 106 Å². The zero-order valence-electron chi connectivity index (χ0n) is 9.39. The van der Waals surface area contributed by atoms with E-state index in [9.17, 15) is 0 Å². The fraction of sp³-hybridized carbons (Fsp3) is 0.385. The summed E-state index contributed by atoms with van der Waals surface area (Å²) in [7, 11) is 0. The summed E-state index contributed by atoms with van der Waals surface area (Å²) in [6, 6.07) is 4.49. The Kier molecular flexibility index (Phi) is 2.53. The maximum Gasteiger partial charge on any atom is 0.0889 e. The van der Waals surface area contributed by atoms with Crippen molar-refractivity contribution in [3.63, 3.8) is 0 Å². The highest BCUT2D eigenvalue weighted by Crippen LogP contribution is 2.44. The number of halogens is 1. The largest absolute Gasteiger partial charge is 0.316 e. The second kappa shape index (κ2) is 3.93. The summed E-state index contributed by atoms with van der Waals surface area (Å²) in [5.74, 6) is 1.39. The molecular weight excluding hydrogens is 234 g/mol. The van der Waals surface area contributed by atoms with Crippen molar-refractivity contribution in [2.24, 2.45) is 0 Å². The Morgan fingerprint density at radius 1 is 0.941 bits per heavy atom. The lowest BCUT2D eigenvalue weighted by molar-refractivity contribution is 0.454. The van der Waals surface area contributed by atoms with Crippen LogP contribution in [-0.2, 0) is 0 Å². The molecule has 2 unspecified atom stereocenters. The summed E-state index contributed by atoms with van der Waals surface area (Å²) in [4.78, 5) is 8.78. The molecular formula is C13H14ClN3. The van der Waals surface area contributed by atoms with Crippen LogP contribution in [0.25, 0.3) is 11.0 Å². The third-order valence-electron chi connectivity index (χ3n) is 3.90. The minimum atomic E-state index is 0. The quantitative estimate of drug-likeness (QED) is 0.776. The van der Waals surface area contributed by atoms with E-state index in [-0.39, 0.29) is 12.4 Å². The van der Waals surface area contributed by atoms with Gasteiger partial charge >= 0.3 is 0 Å². The van der Waals surface area contributed by atoms with Crippen LogP contribution in [0.15, 0.2) is 24.5 Å². The van der Waals surface area contributed by atoms with Gasteiger partial charge in [-0.1, -0.05) is 0 Å². The molecule has 2 aliphatic rings. The molecule has 17 heavy (non-hydrogen) atoms. The Hall–Kier alpha value is -1.19. The standard InChI is InChI=1S/C13H13N3.ClH/c1-2-16-13-5-11-9-3-8(6-14-7-9)10(11)4-12(13)15-1;/h1-2,4-5,8-9,14H,3,6-7H2;1H. The summed E-state index contributed by atoms with van der Waals surface area (Å²) >= 11 is 0. The molecule has 3 nitrogen and oxygen atoms in total. The highest BCUT2D eigenvalue weighted by Gasteiger charge is 2.34. The highest BCUT2D eigenvalue weighted by molar-refractivity contribution is 5.85. The number of hydrogen-bond acceptors (Lipinski definition) is 3. The molecule has 4 rings (SSSR count).